The van der Waals surface area contributed by atoms with E-state index in [9.17, 15) is 0 Å². The van der Waals surface area contributed by atoms with Crippen molar-refractivity contribution < 1.29 is 0 Å². The molecule has 0 bridgehead atoms. The number of nitrogens with zero attached hydrogens (tertiary/aromatic N) is 3. The second-order valence-corrected chi connectivity index (χ2v) is 36.8. The van der Waals surface area contributed by atoms with E-state index < -0.39 is 26.6 Å². The van der Waals surface area contributed by atoms with Gasteiger partial charge in [-0.15, -0.1) is 11.3 Å². The minimum Gasteiger partial charge on any atom is -0.346 e. The van der Waals surface area contributed by atoms with Gasteiger partial charge < -0.3 is 9.22 Å². The van der Waals surface area contributed by atoms with Crippen molar-refractivity contribution in [2.24, 2.45) is 0 Å². The van der Waals surface area contributed by atoms with E-state index in [1.807, 2.05) is 27.5 Å². The first-order valence-corrected chi connectivity index (χ1v) is 31.1. The Morgan fingerprint density at radius 2 is 1.47 bits per heavy atom. The van der Waals surface area contributed by atoms with Crippen molar-refractivity contribution in [1.29, 1.82) is 0 Å². The van der Waals surface area contributed by atoms with Crippen LogP contribution >= 0.6 is 38.6 Å². The molecule has 0 aliphatic heterocycles. The number of H-pyrrole nitrogens is 1. The molecule has 9 heteroatoms. The van der Waals surface area contributed by atoms with Gasteiger partial charge in [-0.1, -0.05) is 39.9 Å². The van der Waals surface area contributed by atoms with Crippen molar-refractivity contribution in [3.05, 3.63) is 88.6 Å². The van der Waals surface area contributed by atoms with Gasteiger partial charge in [0.05, 0.1) is 0 Å². The predicted molar refractivity (Wildman–Crippen MR) is 228 cm³/mol. The van der Waals surface area contributed by atoms with Gasteiger partial charge in [-0.25, -0.2) is 9.97 Å². The van der Waals surface area contributed by atoms with Gasteiger partial charge in [-0.05, 0) is 62.9 Å². The van der Waals surface area contributed by atoms with Gasteiger partial charge in [-0.2, -0.15) is 0 Å². The third-order valence-corrected chi connectivity index (χ3v) is 36.1. The number of aromatic amines is 1. The summed E-state index contributed by atoms with van der Waals surface area (Å²) < 4.78 is 10.1. The van der Waals surface area contributed by atoms with Gasteiger partial charge >= 0.3 is 123 Å². The second-order valence-electron chi connectivity index (χ2n) is 14.7. The second kappa shape index (κ2) is 18.7. The van der Waals surface area contributed by atoms with Crippen LogP contribution in [0.4, 0.5) is 0 Å². The molecule has 0 aliphatic carbocycles. The van der Waals surface area contributed by atoms with Crippen LogP contribution in [0, 0.1) is 0 Å². The molecule has 0 saturated heterocycles. The van der Waals surface area contributed by atoms with Gasteiger partial charge in [0.1, 0.15) is 11.3 Å². The van der Waals surface area contributed by atoms with E-state index >= 15 is 0 Å². The van der Waals surface area contributed by atoms with Crippen LogP contribution in [0.1, 0.15) is 80.1 Å². The largest absolute Gasteiger partial charge is 0.346 e. The number of aromatic nitrogens is 4. The quantitative estimate of drug-likeness (QED) is 0.124. The molecule has 264 valence electrons. The standard InChI is InChI=1S/C13H19BrN2Si.C11H8N2S.C4H3S.3C4H9.Sn/c1-13(2,3)17(4,5)16-7-6-10-8-11(14)9-15-12(10)16;1-2-10(14-5-1)9-6-8-3-4-12-11(8)13-7-9;1-2-4-5-3-1;3*1-3-4-2;/h6-9H,1-5H3;1-7H,(H,12,13);1-3H;3*1,3-4H2,2H3;. The Morgan fingerprint density at radius 1 is 0.816 bits per heavy atom. The molecule has 6 heterocycles. The normalized spacial score (nSPS) is 12.1. The molecular formula is C40H57BrN4S2SiSn. The molecule has 49 heavy (non-hydrogen) atoms. The molecule has 6 aromatic heterocycles. The van der Waals surface area contributed by atoms with Crippen LogP contribution in [0.2, 0.25) is 31.4 Å². The molecule has 0 unspecified atom stereocenters. The molecule has 1 N–H and O–H groups in total. The first-order valence-electron chi connectivity index (χ1n) is 18.1. The summed E-state index contributed by atoms with van der Waals surface area (Å²) >= 11 is 5.27. The van der Waals surface area contributed by atoms with Crippen molar-refractivity contribution in [3.63, 3.8) is 0 Å². The Bertz CT molecular complexity index is 1800. The third kappa shape index (κ3) is 10.4. The van der Waals surface area contributed by atoms with Crippen LogP contribution in [-0.2, 0) is 0 Å². The summed E-state index contributed by atoms with van der Waals surface area (Å²) in [7, 11) is -1.57. The summed E-state index contributed by atoms with van der Waals surface area (Å²) in [5, 5.41) is 7.08. The van der Waals surface area contributed by atoms with E-state index in [0.717, 1.165) is 21.2 Å². The third-order valence-electron chi connectivity index (χ3n) is 10.2. The van der Waals surface area contributed by atoms with Crippen molar-refractivity contribution >= 4 is 90.2 Å². The summed E-state index contributed by atoms with van der Waals surface area (Å²) in [5.74, 6) is 0. The van der Waals surface area contributed by atoms with Crippen LogP contribution in [-0.4, -0.2) is 45.8 Å². The number of unbranched alkanes of at least 4 members (excludes halogenated alkanes) is 3. The average molecular weight is 885 g/mol. The van der Waals surface area contributed by atoms with Crippen LogP contribution < -0.4 is 2.89 Å². The fourth-order valence-corrected chi connectivity index (χ4v) is 29.0. The smallest absolute Gasteiger partial charge is 0.137 e. The number of nitrogens with one attached hydrogen (secondary N) is 1. The number of hydrogen-bond donors (Lipinski definition) is 1. The molecular weight excluding hydrogens is 827 g/mol. The van der Waals surface area contributed by atoms with Crippen molar-refractivity contribution in [2.45, 2.75) is 112 Å². The number of rotatable bonds is 12. The maximum Gasteiger partial charge on any atom is 0.137 e. The van der Waals surface area contributed by atoms with Crippen molar-refractivity contribution in [1.82, 2.24) is 19.2 Å². The topological polar surface area (TPSA) is 46.5 Å². The molecule has 0 atom stereocenters. The summed E-state index contributed by atoms with van der Waals surface area (Å²) in [6.45, 7) is 18.8. The first kappa shape index (κ1) is 40.1. The minimum atomic E-state index is -2.01. The number of pyridine rings is 2. The van der Waals surface area contributed by atoms with E-state index in [1.165, 1.54) is 54.4 Å². The zero-order valence-electron chi connectivity index (χ0n) is 31.0. The Balaban J connectivity index is 0.000000166. The van der Waals surface area contributed by atoms with E-state index in [2.05, 4.69) is 161 Å². The fourth-order valence-electron chi connectivity index (χ4n) is 6.20. The maximum atomic E-state index is 4.57. The zero-order chi connectivity index (χ0) is 35.5. The maximum absolute atomic E-state index is 4.57. The number of fused-ring (bicyclic) bond motifs is 2. The molecule has 0 saturated carbocycles. The average Bonchev–Trinajstić information content (AvgIpc) is 3.91. The molecule has 0 fully saturated rings. The predicted octanol–water partition coefficient (Wildman–Crippen LogP) is 13.7. The zero-order valence-corrected chi connectivity index (χ0v) is 38.1. The molecule has 4 nitrogen and oxygen atoms in total. The SMILES string of the molecule is CC(C)(C)[Si](C)(C)n1ccc2cc(Br)cnc21.CCC[CH2][Sn]([CH2]CCC)([CH2]CCC)[c]1cccs1.c1csc(-c2cnc3[nH]ccc3c2)c1. The fraction of sp³-hybridized carbons (Fsp3) is 0.450. The van der Waals surface area contributed by atoms with Gasteiger partial charge in [0.15, 0.2) is 8.24 Å². The minimum absolute atomic E-state index is 0.313. The van der Waals surface area contributed by atoms with Crippen LogP contribution in [0.25, 0.3) is 32.5 Å². The first-order chi connectivity index (χ1) is 23.5. The number of hydrogen-bond acceptors (Lipinski definition) is 4. The summed E-state index contributed by atoms with van der Waals surface area (Å²) in [5.41, 5.74) is 3.25. The van der Waals surface area contributed by atoms with Gasteiger partial charge in [0.25, 0.3) is 0 Å². The molecule has 6 aromatic rings. The summed E-state index contributed by atoms with van der Waals surface area (Å²) in [4.78, 5) is 13.3. The van der Waals surface area contributed by atoms with Crippen LogP contribution in [0.3, 0.4) is 0 Å². The Morgan fingerprint density at radius 3 is 2.04 bits per heavy atom. The van der Waals surface area contributed by atoms with E-state index in [0.29, 0.717) is 5.04 Å². The molecule has 0 aromatic carbocycles. The monoisotopic (exact) mass is 884 g/mol. The van der Waals surface area contributed by atoms with Gasteiger partial charge in [-0.3, -0.25) is 0 Å². The van der Waals surface area contributed by atoms with Gasteiger partial charge in [0, 0.05) is 44.3 Å². The summed E-state index contributed by atoms with van der Waals surface area (Å²) in [6.07, 6.45) is 16.4. The molecule has 0 spiro atoms. The van der Waals surface area contributed by atoms with Gasteiger partial charge in [0.2, 0.25) is 0 Å². The number of halogens is 1. The molecule has 0 radical (unpaired) electrons. The van der Waals surface area contributed by atoms with E-state index in [4.69, 9.17) is 0 Å². The van der Waals surface area contributed by atoms with E-state index in [1.54, 1.807) is 24.6 Å². The molecule has 0 amide bonds. The number of thiophene rings is 2. The van der Waals surface area contributed by atoms with Crippen molar-refractivity contribution in [3.8, 4) is 10.4 Å². The molecule has 0 aliphatic rings. The van der Waals surface area contributed by atoms with Crippen LogP contribution in [0.15, 0.2) is 88.6 Å². The van der Waals surface area contributed by atoms with E-state index in [-0.39, 0.29) is 0 Å². The molecule has 6 rings (SSSR count). The summed E-state index contributed by atoms with van der Waals surface area (Å²) in [6, 6.07) is 17.4. The Kier molecular flexibility index (Phi) is 15.3. The Hall–Kier alpha value is -1.72. The van der Waals surface area contributed by atoms with Crippen molar-refractivity contribution in [2.75, 3.05) is 0 Å². The Labute approximate surface area is 317 Å². The van der Waals surface area contributed by atoms with Crippen LogP contribution in [0.5, 0.6) is 0 Å².